The Kier molecular flexibility index (Phi) is 7.16. The number of hydrogen-bond acceptors (Lipinski definition) is 4. The van der Waals surface area contributed by atoms with Crippen LogP contribution in [0.5, 0.6) is 0 Å². The van der Waals surface area contributed by atoms with E-state index >= 15 is 0 Å². The molecule has 4 rings (SSSR count). The Morgan fingerprint density at radius 2 is 1.76 bits per heavy atom. The SMILES string of the molecule is CC(F)CNc1ccc(C(=O)NC2CCC(Nc3cccc4nc(C(C)C)cn34)CC2)cc1. The molecule has 1 saturated carbocycles. The van der Waals surface area contributed by atoms with E-state index in [-0.39, 0.29) is 18.5 Å². The molecular formula is C26H34FN5O. The van der Waals surface area contributed by atoms with Crippen molar-refractivity contribution in [2.24, 2.45) is 0 Å². The summed E-state index contributed by atoms with van der Waals surface area (Å²) in [5.74, 6) is 1.40. The van der Waals surface area contributed by atoms with E-state index in [9.17, 15) is 9.18 Å². The second kappa shape index (κ2) is 10.2. The predicted molar refractivity (Wildman–Crippen MR) is 132 cm³/mol. The van der Waals surface area contributed by atoms with Crippen LogP contribution in [0.4, 0.5) is 15.9 Å². The average molecular weight is 452 g/mol. The first-order chi connectivity index (χ1) is 15.9. The number of fused-ring (bicyclic) bond motifs is 1. The molecule has 3 aromatic rings. The number of hydrogen-bond donors (Lipinski definition) is 3. The molecule has 2 heterocycles. The first-order valence-electron chi connectivity index (χ1n) is 11.9. The maximum Gasteiger partial charge on any atom is 0.251 e. The maximum absolute atomic E-state index is 13.0. The van der Waals surface area contributed by atoms with Gasteiger partial charge in [-0.1, -0.05) is 19.9 Å². The normalized spacial score (nSPS) is 19.4. The minimum Gasteiger partial charge on any atom is -0.382 e. The topological polar surface area (TPSA) is 70.5 Å². The molecule has 0 aliphatic heterocycles. The minimum atomic E-state index is -0.914. The fourth-order valence-electron chi connectivity index (χ4n) is 4.28. The summed E-state index contributed by atoms with van der Waals surface area (Å²) in [6, 6.07) is 13.9. The summed E-state index contributed by atoms with van der Waals surface area (Å²) in [5, 5.41) is 9.87. The molecule has 3 N–H and O–H groups in total. The molecule has 1 aromatic carbocycles. The molecule has 0 spiro atoms. The van der Waals surface area contributed by atoms with Gasteiger partial charge in [0.15, 0.2) is 0 Å². The van der Waals surface area contributed by atoms with Gasteiger partial charge < -0.3 is 16.0 Å². The Balaban J connectivity index is 1.29. The molecule has 2 aromatic heterocycles. The lowest BCUT2D eigenvalue weighted by molar-refractivity contribution is 0.0926. The van der Waals surface area contributed by atoms with Gasteiger partial charge in [-0.15, -0.1) is 0 Å². The Bertz CT molecular complexity index is 1070. The number of carbonyl (C=O) groups excluding carboxylic acids is 1. The number of carbonyl (C=O) groups is 1. The minimum absolute atomic E-state index is 0.0544. The third-order valence-corrected chi connectivity index (χ3v) is 6.25. The predicted octanol–water partition coefficient (Wildman–Crippen LogP) is 5.38. The summed E-state index contributed by atoms with van der Waals surface area (Å²) in [6.07, 6.45) is 5.08. The Labute approximate surface area is 195 Å². The molecule has 0 bridgehead atoms. The van der Waals surface area contributed by atoms with Gasteiger partial charge in [-0.2, -0.15) is 0 Å². The number of amides is 1. The molecule has 1 atom stereocenters. The van der Waals surface area contributed by atoms with E-state index in [1.165, 1.54) is 6.92 Å². The molecule has 1 aliphatic rings. The fourth-order valence-corrected chi connectivity index (χ4v) is 4.28. The molecule has 6 nitrogen and oxygen atoms in total. The van der Waals surface area contributed by atoms with E-state index in [1.54, 1.807) is 12.1 Å². The van der Waals surface area contributed by atoms with Gasteiger partial charge in [0.1, 0.15) is 17.6 Å². The van der Waals surface area contributed by atoms with Crippen LogP contribution in [-0.2, 0) is 0 Å². The third-order valence-electron chi connectivity index (χ3n) is 6.25. The van der Waals surface area contributed by atoms with Gasteiger partial charge in [-0.3, -0.25) is 9.20 Å². The third kappa shape index (κ3) is 5.83. The number of imidazole rings is 1. The van der Waals surface area contributed by atoms with Gasteiger partial charge in [0.05, 0.1) is 5.69 Å². The summed E-state index contributed by atoms with van der Waals surface area (Å²) in [4.78, 5) is 17.4. The van der Waals surface area contributed by atoms with Crippen LogP contribution in [0.2, 0.25) is 0 Å². The lowest BCUT2D eigenvalue weighted by Gasteiger charge is -2.30. The van der Waals surface area contributed by atoms with Crippen molar-refractivity contribution in [2.75, 3.05) is 17.2 Å². The van der Waals surface area contributed by atoms with Crippen LogP contribution in [0.25, 0.3) is 5.65 Å². The number of pyridine rings is 1. The number of halogens is 1. The van der Waals surface area contributed by atoms with Crippen molar-refractivity contribution >= 4 is 23.1 Å². The number of nitrogens with one attached hydrogen (secondary N) is 3. The Morgan fingerprint density at radius 1 is 1.06 bits per heavy atom. The van der Waals surface area contributed by atoms with Gasteiger partial charge >= 0.3 is 0 Å². The van der Waals surface area contributed by atoms with Crippen LogP contribution in [-0.4, -0.2) is 40.1 Å². The van der Waals surface area contributed by atoms with Gasteiger partial charge in [-0.25, -0.2) is 9.37 Å². The number of anilines is 2. The fraction of sp³-hybridized carbons (Fsp3) is 0.462. The van der Waals surface area contributed by atoms with Gasteiger partial charge in [-0.05, 0) is 74.9 Å². The molecule has 33 heavy (non-hydrogen) atoms. The quantitative estimate of drug-likeness (QED) is 0.430. The van der Waals surface area contributed by atoms with Crippen molar-refractivity contribution in [3.05, 3.63) is 59.9 Å². The molecule has 1 fully saturated rings. The number of aromatic nitrogens is 2. The second-order valence-electron chi connectivity index (χ2n) is 9.37. The number of alkyl halides is 1. The van der Waals surface area contributed by atoms with Crippen LogP contribution in [0, 0.1) is 0 Å². The first kappa shape index (κ1) is 23.1. The molecule has 0 radical (unpaired) electrons. The standard InChI is InChI=1S/C26H34FN5O/c1-17(2)23-16-32-24(5-4-6-25(32)31-23)29-21-11-13-22(14-12-21)30-26(33)19-7-9-20(10-8-19)28-15-18(3)27/h4-10,16-18,21-22,28-29H,11-15H2,1-3H3,(H,30,33). The molecular weight excluding hydrogens is 417 g/mol. The van der Waals surface area contributed by atoms with Gasteiger partial charge in [0.25, 0.3) is 5.91 Å². The molecule has 0 saturated heterocycles. The second-order valence-corrected chi connectivity index (χ2v) is 9.37. The lowest BCUT2D eigenvalue weighted by Crippen LogP contribution is -2.40. The number of rotatable bonds is 8. The van der Waals surface area contributed by atoms with Crippen molar-refractivity contribution in [1.29, 1.82) is 0 Å². The average Bonchev–Trinajstić information content (AvgIpc) is 3.25. The lowest BCUT2D eigenvalue weighted by atomic mass is 9.91. The van der Waals surface area contributed by atoms with Crippen molar-refractivity contribution < 1.29 is 9.18 Å². The van der Waals surface area contributed by atoms with E-state index in [0.29, 0.717) is 17.5 Å². The van der Waals surface area contributed by atoms with Crippen molar-refractivity contribution in [1.82, 2.24) is 14.7 Å². The molecule has 1 amide bonds. The molecule has 1 aliphatic carbocycles. The highest BCUT2D eigenvalue weighted by Crippen LogP contribution is 2.24. The van der Waals surface area contributed by atoms with E-state index in [4.69, 9.17) is 4.98 Å². The van der Waals surface area contributed by atoms with Gasteiger partial charge in [0, 0.05) is 36.1 Å². The highest BCUT2D eigenvalue weighted by Gasteiger charge is 2.23. The summed E-state index contributed by atoms with van der Waals surface area (Å²) in [6.45, 7) is 6.09. The summed E-state index contributed by atoms with van der Waals surface area (Å²) in [5.41, 5.74) is 3.50. The van der Waals surface area contributed by atoms with Crippen molar-refractivity contribution in [2.45, 2.75) is 70.6 Å². The van der Waals surface area contributed by atoms with Crippen LogP contribution >= 0.6 is 0 Å². The molecule has 1 unspecified atom stereocenters. The summed E-state index contributed by atoms with van der Waals surface area (Å²) in [7, 11) is 0. The van der Waals surface area contributed by atoms with E-state index in [0.717, 1.165) is 48.5 Å². The summed E-state index contributed by atoms with van der Waals surface area (Å²) >= 11 is 0. The monoisotopic (exact) mass is 451 g/mol. The summed E-state index contributed by atoms with van der Waals surface area (Å²) < 4.78 is 15.1. The van der Waals surface area contributed by atoms with Crippen LogP contribution in [0.15, 0.2) is 48.7 Å². The van der Waals surface area contributed by atoms with E-state index < -0.39 is 6.17 Å². The van der Waals surface area contributed by atoms with E-state index in [1.807, 2.05) is 24.3 Å². The molecule has 7 heteroatoms. The van der Waals surface area contributed by atoms with Crippen LogP contribution < -0.4 is 16.0 Å². The van der Waals surface area contributed by atoms with E-state index in [2.05, 4.69) is 46.5 Å². The van der Waals surface area contributed by atoms with Crippen molar-refractivity contribution in [3.8, 4) is 0 Å². The zero-order chi connectivity index (χ0) is 23.4. The number of benzene rings is 1. The molecule has 176 valence electrons. The van der Waals surface area contributed by atoms with Crippen LogP contribution in [0.3, 0.4) is 0 Å². The van der Waals surface area contributed by atoms with Crippen LogP contribution in [0.1, 0.15) is 68.4 Å². The largest absolute Gasteiger partial charge is 0.382 e. The maximum atomic E-state index is 13.0. The highest BCUT2D eigenvalue weighted by atomic mass is 19.1. The van der Waals surface area contributed by atoms with Gasteiger partial charge in [0.2, 0.25) is 0 Å². The smallest absolute Gasteiger partial charge is 0.251 e. The first-order valence-corrected chi connectivity index (χ1v) is 11.9. The Hall–Kier alpha value is -3.09. The zero-order valence-electron chi connectivity index (χ0n) is 19.6. The number of nitrogens with zero attached hydrogens (tertiary/aromatic N) is 2. The highest BCUT2D eigenvalue weighted by molar-refractivity contribution is 5.94. The Morgan fingerprint density at radius 3 is 2.42 bits per heavy atom. The zero-order valence-corrected chi connectivity index (χ0v) is 19.6. The van der Waals surface area contributed by atoms with Crippen molar-refractivity contribution in [3.63, 3.8) is 0 Å².